The first kappa shape index (κ1) is 20.6. The third kappa shape index (κ3) is 5.43. The minimum atomic E-state index is -0.962. The summed E-state index contributed by atoms with van der Waals surface area (Å²) in [6, 6.07) is 15.3. The highest BCUT2D eigenvalue weighted by Crippen LogP contribution is 2.32. The van der Waals surface area contributed by atoms with Crippen molar-refractivity contribution in [1.29, 1.82) is 0 Å². The second kappa shape index (κ2) is 9.36. The average Bonchev–Trinajstić information content (AvgIpc) is 2.92. The van der Waals surface area contributed by atoms with Crippen LogP contribution in [0, 0.1) is 0 Å². The van der Waals surface area contributed by atoms with Gasteiger partial charge in [0.05, 0.1) is 11.3 Å². The molecule has 1 amide bonds. The molecule has 0 radical (unpaired) electrons. The summed E-state index contributed by atoms with van der Waals surface area (Å²) >= 11 is 9.80. The van der Waals surface area contributed by atoms with E-state index in [4.69, 9.17) is 22.1 Å². The highest BCUT2D eigenvalue weighted by molar-refractivity contribution is 9.10. The molecule has 3 rings (SSSR count). The van der Waals surface area contributed by atoms with Gasteiger partial charge in [-0.25, -0.2) is 0 Å². The number of hydrogen-bond acceptors (Lipinski definition) is 5. The fourth-order valence-electron chi connectivity index (χ4n) is 2.51. The zero-order valence-corrected chi connectivity index (χ0v) is 17.9. The van der Waals surface area contributed by atoms with E-state index in [1.165, 1.54) is 16.7 Å². The molecule has 144 valence electrons. The topological polar surface area (TPSA) is 66.8 Å². The highest BCUT2D eigenvalue weighted by atomic mass is 79.9. The molecule has 0 aromatic heterocycles. The van der Waals surface area contributed by atoms with Gasteiger partial charge in [0.15, 0.2) is 0 Å². The Morgan fingerprint density at radius 1 is 1.25 bits per heavy atom. The van der Waals surface area contributed by atoms with E-state index in [0.29, 0.717) is 15.8 Å². The molecule has 28 heavy (non-hydrogen) atoms. The van der Waals surface area contributed by atoms with Crippen LogP contribution in [0.5, 0.6) is 5.75 Å². The summed E-state index contributed by atoms with van der Waals surface area (Å²) in [5, 5.41) is 8.79. The van der Waals surface area contributed by atoms with Crippen LogP contribution in [0.25, 0.3) is 6.08 Å². The number of benzene rings is 2. The van der Waals surface area contributed by atoms with Crippen molar-refractivity contribution < 1.29 is 19.4 Å². The molecule has 5 nitrogen and oxygen atoms in total. The lowest BCUT2D eigenvalue weighted by Gasteiger charge is -2.12. The van der Waals surface area contributed by atoms with Gasteiger partial charge in [-0.2, -0.15) is 0 Å². The van der Waals surface area contributed by atoms with Gasteiger partial charge in [0, 0.05) is 11.0 Å². The Morgan fingerprint density at radius 2 is 2.00 bits per heavy atom. The second-order valence-corrected chi connectivity index (χ2v) is 8.56. The van der Waals surface area contributed by atoms with E-state index in [2.05, 4.69) is 15.9 Å². The number of ether oxygens (including phenoxy) is 1. The lowest BCUT2D eigenvalue weighted by atomic mass is 10.2. The Morgan fingerprint density at radius 3 is 2.68 bits per heavy atom. The minimum absolute atomic E-state index is 0.0831. The predicted octanol–water partition coefficient (Wildman–Crippen LogP) is 4.70. The summed E-state index contributed by atoms with van der Waals surface area (Å²) in [6.45, 7) is 0.542. The molecule has 8 heteroatoms. The zero-order chi connectivity index (χ0) is 20.1. The number of hydrogen-bond donors (Lipinski definition) is 1. The third-order valence-corrected chi connectivity index (χ3v) is 5.77. The number of rotatable bonds is 7. The Kier molecular flexibility index (Phi) is 6.88. The lowest BCUT2D eigenvalue weighted by molar-refractivity contribution is -0.137. The fourth-order valence-corrected chi connectivity index (χ4v) is 4.26. The van der Waals surface area contributed by atoms with Crippen molar-refractivity contribution in [1.82, 2.24) is 4.90 Å². The van der Waals surface area contributed by atoms with E-state index in [1.54, 1.807) is 6.08 Å². The number of carbonyl (C=O) groups is 2. The normalized spacial score (nSPS) is 15.3. The first-order valence-corrected chi connectivity index (χ1v) is 10.4. The van der Waals surface area contributed by atoms with Crippen LogP contribution in [0.3, 0.4) is 0 Å². The number of carboxylic acid groups (broad SMARTS) is 1. The van der Waals surface area contributed by atoms with E-state index < -0.39 is 5.97 Å². The van der Waals surface area contributed by atoms with Crippen LogP contribution >= 0.6 is 39.9 Å². The molecule has 1 heterocycles. The Hall–Kier alpha value is -2.16. The van der Waals surface area contributed by atoms with E-state index in [1.807, 2.05) is 48.5 Å². The molecule has 1 N–H and O–H groups in total. The number of carboxylic acids is 1. The van der Waals surface area contributed by atoms with Gasteiger partial charge in [0.1, 0.15) is 16.7 Å². The van der Waals surface area contributed by atoms with Gasteiger partial charge in [-0.1, -0.05) is 64.2 Å². The number of thiocarbonyl (C=S) groups is 1. The Balaban J connectivity index is 1.62. The third-order valence-electron chi connectivity index (χ3n) is 3.90. The molecular weight excluding hydrogens is 462 g/mol. The molecule has 2 aromatic carbocycles. The summed E-state index contributed by atoms with van der Waals surface area (Å²) < 4.78 is 7.17. The van der Waals surface area contributed by atoms with E-state index in [9.17, 15) is 9.59 Å². The van der Waals surface area contributed by atoms with Crippen LogP contribution in [0.4, 0.5) is 0 Å². The molecule has 1 fully saturated rings. The molecule has 0 aliphatic carbocycles. The summed E-state index contributed by atoms with van der Waals surface area (Å²) in [5.41, 5.74) is 1.90. The highest BCUT2D eigenvalue weighted by Gasteiger charge is 2.31. The van der Waals surface area contributed by atoms with Crippen LogP contribution < -0.4 is 4.74 Å². The lowest BCUT2D eigenvalue weighted by Crippen LogP contribution is -2.30. The van der Waals surface area contributed by atoms with Crippen LogP contribution in [-0.2, 0) is 16.2 Å². The number of carbonyl (C=O) groups excluding carboxylic acids is 1. The van der Waals surface area contributed by atoms with Gasteiger partial charge in [-0.05, 0) is 41.5 Å². The SMILES string of the molecule is O=C(O)CCN1C(=O)/C(=C\c2ccc(OCc3cccc(Br)c3)cc2)SC1=S. The van der Waals surface area contributed by atoms with E-state index in [0.717, 1.165) is 21.3 Å². The summed E-state index contributed by atoms with van der Waals surface area (Å²) in [7, 11) is 0. The quantitative estimate of drug-likeness (QED) is 0.460. The predicted molar refractivity (Wildman–Crippen MR) is 117 cm³/mol. The van der Waals surface area contributed by atoms with Crippen molar-refractivity contribution in [2.24, 2.45) is 0 Å². The average molecular weight is 478 g/mol. The van der Waals surface area contributed by atoms with Crippen molar-refractivity contribution in [3.63, 3.8) is 0 Å². The minimum Gasteiger partial charge on any atom is -0.489 e. The van der Waals surface area contributed by atoms with Gasteiger partial charge in [0.2, 0.25) is 0 Å². The van der Waals surface area contributed by atoms with Crippen LogP contribution in [0.1, 0.15) is 17.5 Å². The largest absolute Gasteiger partial charge is 0.489 e. The van der Waals surface area contributed by atoms with Crippen molar-refractivity contribution >= 4 is 62.2 Å². The first-order valence-electron chi connectivity index (χ1n) is 8.37. The molecule has 0 atom stereocenters. The summed E-state index contributed by atoms with van der Waals surface area (Å²) in [5.74, 6) is -0.492. The molecule has 2 aromatic rings. The van der Waals surface area contributed by atoms with Gasteiger partial charge >= 0.3 is 5.97 Å². The van der Waals surface area contributed by atoms with Crippen molar-refractivity contribution in [2.75, 3.05) is 6.54 Å². The molecule has 1 aliphatic rings. The summed E-state index contributed by atoms with van der Waals surface area (Å²) in [4.78, 5) is 24.9. The standard InChI is InChI=1S/C20H16BrNO4S2/c21-15-3-1-2-14(10-15)12-26-16-6-4-13(5-7-16)11-17-19(25)22(20(27)28-17)9-8-18(23)24/h1-7,10-11H,8-9,12H2,(H,23,24)/b17-11+. The maximum atomic E-state index is 12.4. The fraction of sp³-hybridized carbons (Fsp3) is 0.150. The second-order valence-electron chi connectivity index (χ2n) is 5.96. The van der Waals surface area contributed by atoms with Crippen LogP contribution in [-0.4, -0.2) is 32.7 Å². The van der Waals surface area contributed by atoms with E-state index >= 15 is 0 Å². The molecule has 0 bridgehead atoms. The van der Waals surface area contributed by atoms with Crippen molar-refractivity contribution in [3.8, 4) is 5.75 Å². The first-order chi connectivity index (χ1) is 13.4. The van der Waals surface area contributed by atoms with Crippen molar-refractivity contribution in [2.45, 2.75) is 13.0 Å². The van der Waals surface area contributed by atoms with Gasteiger partial charge < -0.3 is 9.84 Å². The number of amides is 1. The monoisotopic (exact) mass is 477 g/mol. The molecule has 1 saturated heterocycles. The maximum Gasteiger partial charge on any atom is 0.305 e. The van der Waals surface area contributed by atoms with Crippen LogP contribution in [0.15, 0.2) is 57.9 Å². The Bertz CT molecular complexity index is 943. The molecule has 0 unspecified atom stereocenters. The number of aliphatic carboxylic acids is 1. The Labute approximate surface area is 180 Å². The molecule has 0 spiro atoms. The van der Waals surface area contributed by atoms with Crippen molar-refractivity contribution in [3.05, 3.63) is 69.0 Å². The number of halogens is 1. The van der Waals surface area contributed by atoms with E-state index in [-0.39, 0.29) is 18.9 Å². The number of nitrogens with zero attached hydrogens (tertiary/aromatic N) is 1. The molecule has 0 saturated carbocycles. The van der Waals surface area contributed by atoms with Gasteiger partial charge in [0.25, 0.3) is 5.91 Å². The summed E-state index contributed by atoms with van der Waals surface area (Å²) in [6.07, 6.45) is 1.61. The number of thioether (sulfide) groups is 1. The smallest absolute Gasteiger partial charge is 0.305 e. The van der Waals surface area contributed by atoms with Gasteiger partial charge in [-0.15, -0.1) is 0 Å². The zero-order valence-electron chi connectivity index (χ0n) is 14.6. The maximum absolute atomic E-state index is 12.4. The molecule has 1 aliphatic heterocycles. The van der Waals surface area contributed by atoms with Gasteiger partial charge in [-0.3, -0.25) is 14.5 Å². The molecular formula is C20H16BrNO4S2. The van der Waals surface area contributed by atoms with Crippen LogP contribution in [0.2, 0.25) is 0 Å².